The van der Waals surface area contributed by atoms with Crippen molar-refractivity contribution in [1.29, 1.82) is 0 Å². The van der Waals surface area contributed by atoms with E-state index >= 15 is 0 Å². The maximum atomic E-state index is 5.79. The van der Waals surface area contributed by atoms with Crippen molar-refractivity contribution in [2.45, 2.75) is 44.2 Å². The minimum absolute atomic E-state index is 0.361. The van der Waals surface area contributed by atoms with E-state index in [-0.39, 0.29) is 0 Å². The number of ether oxygens (including phenoxy) is 1. The highest BCUT2D eigenvalue weighted by Crippen LogP contribution is 2.42. The van der Waals surface area contributed by atoms with Gasteiger partial charge in [-0.2, -0.15) is 0 Å². The molecule has 0 aliphatic carbocycles. The van der Waals surface area contributed by atoms with Gasteiger partial charge in [0.25, 0.3) is 0 Å². The molecule has 0 aromatic heterocycles. The summed E-state index contributed by atoms with van der Waals surface area (Å²) in [6.45, 7) is 5.87. The monoisotopic (exact) mass is 198 g/mol. The summed E-state index contributed by atoms with van der Waals surface area (Å²) in [5.41, 5.74) is 6.16. The van der Waals surface area contributed by atoms with Crippen molar-refractivity contribution in [3.63, 3.8) is 0 Å². The third-order valence-electron chi connectivity index (χ3n) is 3.88. The molecular weight excluding hydrogens is 176 g/mol. The minimum atomic E-state index is 0.361. The van der Waals surface area contributed by atoms with Gasteiger partial charge in [0.2, 0.25) is 0 Å². The Morgan fingerprint density at radius 3 is 3.07 bits per heavy atom. The number of rotatable bonds is 4. The number of nitrogens with two attached hydrogens (primary N) is 1. The van der Waals surface area contributed by atoms with Gasteiger partial charge in [0.15, 0.2) is 0 Å². The second kappa shape index (κ2) is 4.17. The molecule has 2 aliphatic heterocycles. The first kappa shape index (κ1) is 10.4. The molecule has 3 nitrogen and oxygen atoms in total. The van der Waals surface area contributed by atoms with E-state index < -0.39 is 0 Å². The summed E-state index contributed by atoms with van der Waals surface area (Å²) in [4.78, 5) is 2.61. The molecule has 0 saturated carbocycles. The fourth-order valence-electron chi connectivity index (χ4n) is 3.15. The summed E-state index contributed by atoms with van der Waals surface area (Å²) in [5.74, 6) is 0. The summed E-state index contributed by atoms with van der Waals surface area (Å²) in [6, 6.07) is 0.623. The third-order valence-corrected chi connectivity index (χ3v) is 3.88. The molecule has 2 saturated heterocycles. The largest absolute Gasteiger partial charge is 0.380 e. The fraction of sp³-hybridized carbons (Fsp3) is 1.00. The molecule has 2 atom stereocenters. The van der Waals surface area contributed by atoms with Crippen molar-refractivity contribution in [2.24, 2.45) is 5.73 Å². The van der Waals surface area contributed by atoms with Gasteiger partial charge >= 0.3 is 0 Å². The Balaban J connectivity index is 2.02. The summed E-state index contributed by atoms with van der Waals surface area (Å²) in [5, 5.41) is 0. The molecule has 2 aliphatic rings. The van der Waals surface area contributed by atoms with Gasteiger partial charge in [-0.1, -0.05) is 0 Å². The van der Waals surface area contributed by atoms with Gasteiger partial charge in [-0.15, -0.1) is 0 Å². The maximum absolute atomic E-state index is 5.79. The van der Waals surface area contributed by atoms with Crippen LogP contribution in [0.4, 0.5) is 0 Å². The van der Waals surface area contributed by atoms with Crippen LogP contribution in [0.1, 0.15) is 32.6 Å². The van der Waals surface area contributed by atoms with E-state index in [1.54, 1.807) is 0 Å². The van der Waals surface area contributed by atoms with Gasteiger partial charge in [0.05, 0.1) is 6.61 Å². The maximum Gasteiger partial charge on any atom is 0.0650 e. The molecule has 14 heavy (non-hydrogen) atoms. The number of hydrogen-bond donors (Lipinski definition) is 1. The van der Waals surface area contributed by atoms with E-state index in [1.807, 2.05) is 0 Å². The lowest BCUT2D eigenvalue weighted by atomic mass is 9.95. The Kier molecular flexibility index (Phi) is 3.10. The first-order valence-electron chi connectivity index (χ1n) is 5.87. The molecule has 0 radical (unpaired) electrons. The highest BCUT2D eigenvalue weighted by molar-refractivity contribution is 5.04. The zero-order chi connectivity index (χ0) is 10.0. The van der Waals surface area contributed by atoms with Crippen LogP contribution in [0.5, 0.6) is 0 Å². The Morgan fingerprint density at radius 1 is 1.50 bits per heavy atom. The van der Waals surface area contributed by atoms with Crippen molar-refractivity contribution >= 4 is 0 Å². The Labute approximate surface area is 86.6 Å². The standard InChI is InChI=1S/C11H22N2O/c1-2-14-9-11-5-3-7-13(11)10(8-12)4-6-11/h10H,2-9,12H2,1H3/t10-,11+/m0/s1. The molecule has 0 aromatic rings. The van der Waals surface area contributed by atoms with E-state index in [4.69, 9.17) is 10.5 Å². The van der Waals surface area contributed by atoms with Crippen molar-refractivity contribution in [3.8, 4) is 0 Å². The number of fused-ring (bicyclic) bond motifs is 1. The lowest BCUT2D eigenvalue weighted by molar-refractivity contribution is 0.0305. The summed E-state index contributed by atoms with van der Waals surface area (Å²) >= 11 is 0. The van der Waals surface area contributed by atoms with Gasteiger partial charge in [0.1, 0.15) is 0 Å². The van der Waals surface area contributed by atoms with Gasteiger partial charge in [-0.25, -0.2) is 0 Å². The molecule has 2 rings (SSSR count). The molecule has 0 amide bonds. The van der Waals surface area contributed by atoms with Gasteiger partial charge < -0.3 is 10.5 Å². The predicted octanol–water partition coefficient (Wildman–Crippen LogP) is 0.979. The Morgan fingerprint density at radius 2 is 2.36 bits per heavy atom. The van der Waals surface area contributed by atoms with Crippen molar-refractivity contribution < 1.29 is 4.74 Å². The van der Waals surface area contributed by atoms with Crippen LogP contribution in [0.15, 0.2) is 0 Å². The fourth-order valence-corrected chi connectivity index (χ4v) is 3.15. The van der Waals surface area contributed by atoms with Crippen LogP contribution < -0.4 is 5.73 Å². The first-order chi connectivity index (χ1) is 6.82. The highest BCUT2D eigenvalue weighted by atomic mass is 16.5. The van der Waals surface area contributed by atoms with Crippen LogP contribution >= 0.6 is 0 Å². The normalized spacial score (nSPS) is 37.7. The van der Waals surface area contributed by atoms with E-state index in [1.165, 1.54) is 32.2 Å². The van der Waals surface area contributed by atoms with Gasteiger partial charge in [-0.05, 0) is 39.2 Å². The second-order valence-corrected chi connectivity index (χ2v) is 4.59. The van der Waals surface area contributed by atoms with E-state index in [0.717, 1.165) is 19.8 Å². The highest BCUT2D eigenvalue weighted by Gasteiger charge is 2.48. The third kappa shape index (κ3) is 1.58. The summed E-state index contributed by atoms with van der Waals surface area (Å²) in [7, 11) is 0. The average molecular weight is 198 g/mol. The van der Waals surface area contributed by atoms with E-state index in [0.29, 0.717) is 11.6 Å². The van der Waals surface area contributed by atoms with E-state index in [9.17, 15) is 0 Å². The van der Waals surface area contributed by atoms with Crippen LogP contribution in [0, 0.1) is 0 Å². The van der Waals surface area contributed by atoms with Crippen molar-refractivity contribution in [1.82, 2.24) is 4.90 Å². The molecule has 0 unspecified atom stereocenters. The lowest BCUT2D eigenvalue weighted by Gasteiger charge is -2.34. The van der Waals surface area contributed by atoms with Crippen molar-refractivity contribution in [2.75, 3.05) is 26.3 Å². The van der Waals surface area contributed by atoms with Crippen LogP contribution in [-0.2, 0) is 4.74 Å². The van der Waals surface area contributed by atoms with Gasteiger partial charge in [-0.3, -0.25) is 4.90 Å². The molecule has 0 spiro atoms. The van der Waals surface area contributed by atoms with Gasteiger partial charge in [0, 0.05) is 24.7 Å². The quantitative estimate of drug-likeness (QED) is 0.732. The van der Waals surface area contributed by atoms with Crippen LogP contribution in [0.25, 0.3) is 0 Å². The minimum Gasteiger partial charge on any atom is -0.380 e. The lowest BCUT2D eigenvalue weighted by Crippen LogP contribution is -2.47. The zero-order valence-electron chi connectivity index (χ0n) is 9.17. The molecule has 82 valence electrons. The SMILES string of the molecule is CCOC[C@]12CCCN1[C@H](CN)CC2. The van der Waals surface area contributed by atoms with Crippen LogP contribution in [-0.4, -0.2) is 42.8 Å². The van der Waals surface area contributed by atoms with Crippen LogP contribution in [0.3, 0.4) is 0 Å². The van der Waals surface area contributed by atoms with Crippen LogP contribution in [0.2, 0.25) is 0 Å². The van der Waals surface area contributed by atoms with E-state index in [2.05, 4.69) is 11.8 Å². The first-order valence-corrected chi connectivity index (χ1v) is 5.87. The summed E-state index contributed by atoms with van der Waals surface area (Å²) < 4.78 is 5.63. The topological polar surface area (TPSA) is 38.5 Å². The summed E-state index contributed by atoms with van der Waals surface area (Å²) in [6.07, 6.45) is 5.19. The molecule has 2 heterocycles. The number of hydrogen-bond acceptors (Lipinski definition) is 3. The predicted molar refractivity (Wildman–Crippen MR) is 57.2 cm³/mol. The molecule has 3 heteroatoms. The second-order valence-electron chi connectivity index (χ2n) is 4.59. The molecule has 2 N–H and O–H groups in total. The van der Waals surface area contributed by atoms with Crippen molar-refractivity contribution in [3.05, 3.63) is 0 Å². The molecule has 2 fully saturated rings. The number of nitrogens with zero attached hydrogens (tertiary/aromatic N) is 1. The molecular formula is C11H22N2O. The Hall–Kier alpha value is -0.120. The zero-order valence-corrected chi connectivity index (χ0v) is 9.17. The Bertz CT molecular complexity index is 198. The molecule has 0 aromatic carbocycles. The molecule has 0 bridgehead atoms. The smallest absolute Gasteiger partial charge is 0.0650 e. The average Bonchev–Trinajstić information content (AvgIpc) is 2.72.